The lowest BCUT2D eigenvalue weighted by atomic mass is 9.89. The molecule has 2 atom stereocenters. The SMILES string of the molecule is CC1CCCC(OCCCCCS)C1. The molecule has 1 aliphatic carbocycles. The molecule has 0 radical (unpaired) electrons. The molecule has 0 saturated heterocycles. The van der Waals surface area contributed by atoms with Crippen LogP contribution in [0.5, 0.6) is 0 Å². The third kappa shape index (κ3) is 5.26. The molecule has 2 heteroatoms. The van der Waals surface area contributed by atoms with Crippen LogP contribution < -0.4 is 0 Å². The second kappa shape index (κ2) is 7.58. The molecule has 1 aliphatic rings. The Morgan fingerprint density at radius 3 is 2.79 bits per heavy atom. The van der Waals surface area contributed by atoms with Gasteiger partial charge in [-0.1, -0.05) is 26.2 Å². The first-order valence-electron chi connectivity index (χ1n) is 6.05. The van der Waals surface area contributed by atoms with Crippen molar-refractivity contribution < 1.29 is 4.74 Å². The van der Waals surface area contributed by atoms with Crippen LogP contribution in [-0.4, -0.2) is 18.5 Å². The maximum Gasteiger partial charge on any atom is 0.0577 e. The van der Waals surface area contributed by atoms with E-state index in [0.717, 1.165) is 18.3 Å². The summed E-state index contributed by atoms with van der Waals surface area (Å²) in [7, 11) is 0. The van der Waals surface area contributed by atoms with Crippen molar-refractivity contribution in [3.05, 3.63) is 0 Å². The van der Waals surface area contributed by atoms with Gasteiger partial charge in [-0.25, -0.2) is 0 Å². The molecular formula is C12H24OS. The van der Waals surface area contributed by atoms with Gasteiger partial charge in [0.15, 0.2) is 0 Å². The number of unbranched alkanes of at least 4 members (excludes halogenated alkanes) is 2. The molecule has 0 spiro atoms. The Morgan fingerprint density at radius 1 is 1.21 bits per heavy atom. The third-order valence-corrected chi connectivity index (χ3v) is 3.36. The molecule has 0 aromatic rings. The molecule has 1 fully saturated rings. The van der Waals surface area contributed by atoms with Crippen LogP contribution in [0.2, 0.25) is 0 Å². The largest absolute Gasteiger partial charge is 0.378 e. The van der Waals surface area contributed by atoms with E-state index in [1.807, 2.05) is 0 Å². The molecule has 1 saturated carbocycles. The van der Waals surface area contributed by atoms with E-state index in [1.165, 1.54) is 44.9 Å². The Kier molecular flexibility index (Phi) is 6.70. The van der Waals surface area contributed by atoms with Crippen LogP contribution in [0.4, 0.5) is 0 Å². The predicted octanol–water partition coefficient (Wildman–Crippen LogP) is 3.68. The average Bonchev–Trinajstić information content (AvgIpc) is 2.18. The Balaban J connectivity index is 1.95. The third-order valence-electron chi connectivity index (χ3n) is 3.04. The smallest absolute Gasteiger partial charge is 0.0577 e. The van der Waals surface area contributed by atoms with E-state index in [-0.39, 0.29) is 0 Å². The highest BCUT2D eigenvalue weighted by Crippen LogP contribution is 2.25. The van der Waals surface area contributed by atoms with E-state index in [9.17, 15) is 0 Å². The van der Waals surface area contributed by atoms with Gasteiger partial charge in [-0.3, -0.25) is 0 Å². The summed E-state index contributed by atoms with van der Waals surface area (Å²) in [5.74, 6) is 1.90. The lowest BCUT2D eigenvalue weighted by Gasteiger charge is -2.26. The van der Waals surface area contributed by atoms with E-state index >= 15 is 0 Å². The second-order valence-corrected chi connectivity index (χ2v) is 5.00. The van der Waals surface area contributed by atoms with Crippen LogP contribution in [0, 0.1) is 5.92 Å². The monoisotopic (exact) mass is 216 g/mol. The Labute approximate surface area is 94.0 Å². The maximum absolute atomic E-state index is 5.87. The highest BCUT2D eigenvalue weighted by molar-refractivity contribution is 7.80. The fourth-order valence-corrected chi connectivity index (χ4v) is 2.39. The summed E-state index contributed by atoms with van der Waals surface area (Å²) in [6.45, 7) is 3.31. The fourth-order valence-electron chi connectivity index (χ4n) is 2.17. The van der Waals surface area contributed by atoms with Crippen molar-refractivity contribution in [1.29, 1.82) is 0 Å². The first-order valence-corrected chi connectivity index (χ1v) is 6.68. The van der Waals surface area contributed by atoms with Crippen molar-refractivity contribution >= 4 is 12.6 Å². The van der Waals surface area contributed by atoms with Gasteiger partial charge in [0.2, 0.25) is 0 Å². The molecule has 0 aromatic carbocycles. The van der Waals surface area contributed by atoms with Gasteiger partial charge in [0, 0.05) is 6.61 Å². The normalized spacial score (nSPS) is 27.9. The minimum atomic E-state index is 0.565. The summed E-state index contributed by atoms with van der Waals surface area (Å²) < 4.78 is 5.87. The Morgan fingerprint density at radius 2 is 2.07 bits per heavy atom. The standard InChI is InChI=1S/C12H24OS/c1-11-6-5-7-12(10-11)13-8-3-2-4-9-14/h11-12,14H,2-10H2,1H3. The van der Waals surface area contributed by atoms with Gasteiger partial charge in [-0.2, -0.15) is 12.6 Å². The number of hydrogen-bond acceptors (Lipinski definition) is 2. The van der Waals surface area contributed by atoms with Gasteiger partial charge in [0.25, 0.3) is 0 Å². The summed E-state index contributed by atoms with van der Waals surface area (Å²) in [4.78, 5) is 0. The van der Waals surface area contributed by atoms with Crippen LogP contribution >= 0.6 is 12.6 Å². The number of thiol groups is 1. The summed E-state index contributed by atoms with van der Waals surface area (Å²) >= 11 is 4.20. The van der Waals surface area contributed by atoms with E-state index in [4.69, 9.17) is 4.74 Å². The average molecular weight is 216 g/mol. The first-order chi connectivity index (χ1) is 6.83. The van der Waals surface area contributed by atoms with Gasteiger partial charge in [0.1, 0.15) is 0 Å². The molecule has 84 valence electrons. The molecular weight excluding hydrogens is 192 g/mol. The predicted molar refractivity (Wildman–Crippen MR) is 65.1 cm³/mol. The Bertz CT molecular complexity index is 138. The maximum atomic E-state index is 5.87. The lowest BCUT2D eigenvalue weighted by Crippen LogP contribution is -2.21. The van der Waals surface area contributed by atoms with Crippen LogP contribution in [0.1, 0.15) is 51.9 Å². The van der Waals surface area contributed by atoms with Crippen LogP contribution in [0.15, 0.2) is 0 Å². The van der Waals surface area contributed by atoms with Gasteiger partial charge >= 0.3 is 0 Å². The number of hydrogen-bond donors (Lipinski definition) is 1. The lowest BCUT2D eigenvalue weighted by molar-refractivity contribution is 0.0139. The minimum Gasteiger partial charge on any atom is -0.378 e. The van der Waals surface area contributed by atoms with Gasteiger partial charge in [-0.05, 0) is 37.4 Å². The van der Waals surface area contributed by atoms with Crippen LogP contribution in [0.3, 0.4) is 0 Å². The van der Waals surface area contributed by atoms with E-state index in [0.29, 0.717) is 6.10 Å². The van der Waals surface area contributed by atoms with Crippen LogP contribution in [-0.2, 0) is 4.74 Å². The summed E-state index contributed by atoms with van der Waals surface area (Å²) in [5, 5.41) is 0. The molecule has 0 N–H and O–H groups in total. The second-order valence-electron chi connectivity index (χ2n) is 4.55. The minimum absolute atomic E-state index is 0.565. The van der Waals surface area contributed by atoms with Gasteiger partial charge in [0.05, 0.1) is 6.10 Å². The van der Waals surface area contributed by atoms with E-state index < -0.39 is 0 Å². The molecule has 0 heterocycles. The van der Waals surface area contributed by atoms with Gasteiger partial charge in [-0.15, -0.1) is 0 Å². The molecule has 0 bridgehead atoms. The van der Waals surface area contributed by atoms with Crippen molar-refractivity contribution in [2.75, 3.05) is 12.4 Å². The first kappa shape index (κ1) is 12.4. The molecule has 14 heavy (non-hydrogen) atoms. The van der Waals surface area contributed by atoms with Crippen molar-refractivity contribution in [1.82, 2.24) is 0 Å². The highest BCUT2D eigenvalue weighted by atomic mass is 32.1. The summed E-state index contributed by atoms with van der Waals surface area (Å²) in [5.41, 5.74) is 0. The topological polar surface area (TPSA) is 9.23 Å². The van der Waals surface area contributed by atoms with Crippen molar-refractivity contribution in [3.63, 3.8) is 0 Å². The summed E-state index contributed by atoms with van der Waals surface area (Å²) in [6, 6.07) is 0. The highest BCUT2D eigenvalue weighted by Gasteiger charge is 2.18. The molecule has 1 rings (SSSR count). The van der Waals surface area contributed by atoms with Crippen molar-refractivity contribution in [2.45, 2.75) is 58.0 Å². The number of rotatable bonds is 6. The molecule has 1 nitrogen and oxygen atoms in total. The molecule has 0 amide bonds. The fraction of sp³-hybridized carbons (Fsp3) is 1.00. The number of ether oxygens (including phenoxy) is 1. The summed E-state index contributed by atoms with van der Waals surface area (Å²) in [6.07, 6.45) is 9.62. The molecule has 0 aliphatic heterocycles. The zero-order valence-electron chi connectivity index (χ0n) is 9.37. The zero-order valence-corrected chi connectivity index (χ0v) is 10.3. The van der Waals surface area contributed by atoms with E-state index in [1.54, 1.807) is 0 Å². The van der Waals surface area contributed by atoms with Crippen LogP contribution in [0.25, 0.3) is 0 Å². The molecule has 2 unspecified atom stereocenters. The van der Waals surface area contributed by atoms with Gasteiger partial charge < -0.3 is 4.74 Å². The van der Waals surface area contributed by atoms with Crippen molar-refractivity contribution in [3.8, 4) is 0 Å². The van der Waals surface area contributed by atoms with E-state index in [2.05, 4.69) is 19.6 Å². The van der Waals surface area contributed by atoms with Crippen molar-refractivity contribution in [2.24, 2.45) is 5.92 Å². The zero-order chi connectivity index (χ0) is 10.2. The molecule has 0 aromatic heterocycles. The Hall–Kier alpha value is 0.310. The quantitative estimate of drug-likeness (QED) is 0.526.